The molecule has 1 saturated heterocycles. The maximum absolute atomic E-state index is 12.8. The molecule has 2 aliphatic rings. The molecule has 0 unspecified atom stereocenters. The van der Waals surface area contributed by atoms with Crippen LogP contribution in [0.5, 0.6) is 0 Å². The molecule has 2 N–H and O–H groups in total. The number of nitrogen functional groups attached to an aromatic ring is 1. The SMILES string of the molecule is Nc1c(C(=O)N2CCOCC2)sc2nc3c(cc12)CCCCCC3.[HH]. The van der Waals surface area contributed by atoms with Gasteiger partial charge in [-0.05, 0) is 37.3 Å². The fourth-order valence-electron chi connectivity index (χ4n) is 3.58. The van der Waals surface area contributed by atoms with Crippen LogP contribution in [0.25, 0.3) is 10.2 Å². The Kier molecular flexibility index (Phi) is 4.41. The largest absolute Gasteiger partial charge is 0.397 e. The summed E-state index contributed by atoms with van der Waals surface area (Å²) in [5.41, 5.74) is 9.46. The minimum Gasteiger partial charge on any atom is -0.397 e. The van der Waals surface area contributed by atoms with Crippen molar-refractivity contribution in [1.29, 1.82) is 0 Å². The molecule has 1 fully saturated rings. The number of fused-ring (bicyclic) bond motifs is 2. The Labute approximate surface area is 147 Å². The number of carbonyl (C=O) groups excluding carboxylic acids is 1. The van der Waals surface area contributed by atoms with Gasteiger partial charge in [0.05, 0.1) is 18.9 Å². The maximum atomic E-state index is 12.8. The summed E-state index contributed by atoms with van der Waals surface area (Å²) in [5.74, 6) is 0.0196. The zero-order valence-electron chi connectivity index (χ0n) is 13.8. The van der Waals surface area contributed by atoms with Gasteiger partial charge < -0.3 is 15.4 Å². The normalized spacial score (nSPS) is 18.9. The number of aryl methyl sites for hydroxylation is 2. The molecule has 0 saturated carbocycles. The van der Waals surface area contributed by atoms with Crippen LogP contribution in [0.1, 0.15) is 48.0 Å². The van der Waals surface area contributed by atoms with Crippen molar-refractivity contribution in [2.45, 2.75) is 38.5 Å². The Hall–Kier alpha value is -1.66. The van der Waals surface area contributed by atoms with E-state index in [1.807, 2.05) is 4.90 Å². The molecule has 0 spiro atoms. The molecular weight excluding hydrogens is 322 g/mol. The van der Waals surface area contributed by atoms with Gasteiger partial charge in [0.15, 0.2) is 0 Å². The van der Waals surface area contributed by atoms with E-state index in [4.69, 9.17) is 15.5 Å². The van der Waals surface area contributed by atoms with E-state index in [0.717, 1.165) is 23.1 Å². The van der Waals surface area contributed by atoms with E-state index >= 15 is 0 Å². The van der Waals surface area contributed by atoms with Crippen LogP contribution in [0, 0.1) is 0 Å². The topological polar surface area (TPSA) is 68.5 Å². The third-order valence-electron chi connectivity index (χ3n) is 4.99. The molecule has 0 radical (unpaired) electrons. The van der Waals surface area contributed by atoms with E-state index in [1.165, 1.54) is 48.3 Å². The van der Waals surface area contributed by atoms with Crippen LogP contribution in [0.3, 0.4) is 0 Å². The lowest BCUT2D eigenvalue weighted by Crippen LogP contribution is -2.40. The van der Waals surface area contributed by atoms with Crippen molar-refractivity contribution in [3.8, 4) is 0 Å². The summed E-state index contributed by atoms with van der Waals surface area (Å²) in [4.78, 5) is 21.0. The van der Waals surface area contributed by atoms with Crippen LogP contribution in [0.4, 0.5) is 5.69 Å². The summed E-state index contributed by atoms with van der Waals surface area (Å²) in [6.45, 7) is 2.47. The molecule has 1 aliphatic heterocycles. The van der Waals surface area contributed by atoms with Gasteiger partial charge in [-0.3, -0.25) is 4.79 Å². The van der Waals surface area contributed by atoms with Crippen molar-refractivity contribution in [3.05, 3.63) is 22.2 Å². The monoisotopic (exact) mass is 347 g/mol. The minimum atomic E-state index is 0. The molecule has 0 atom stereocenters. The molecule has 1 aliphatic carbocycles. The quantitative estimate of drug-likeness (QED) is 0.860. The van der Waals surface area contributed by atoms with E-state index in [-0.39, 0.29) is 7.33 Å². The van der Waals surface area contributed by atoms with Crippen molar-refractivity contribution in [2.24, 2.45) is 0 Å². The highest BCUT2D eigenvalue weighted by Gasteiger charge is 2.25. The van der Waals surface area contributed by atoms with E-state index in [0.29, 0.717) is 36.9 Å². The maximum Gasteiger partial charge on any atom is 0.266 e. The fourth-order valence-corrected chi connectivity index (χ4v) is 4.65. The minimum absolute atomic E-state index is 0. The van der Waals surface area contributed by atoms with Gasteiger partial charge in [-0.1, -0.05) is 12.8 Å². The molecule has 2 aromatic heterocycles. The smallest absolute Gasteiger partial charge is 0.266 e. The Morgan fingerprint density at radius 2 is 1.96 bits per heavy atom. The van der Waals surface area contributed by atoms with Gasteiger partial charge in [-0.2, -0.15) is 0 Å². The van der Waals surface area contributed by atoms with E-state index in [9.17, 15) is 4.79 Å². The Balaban J connectivity index is 0.00000182. The zero-order valence-corrected chi connectivity index (χ0v) is 14.7. The summed E-state index contributed by atoms with van der Waals surface area (Å²) in [6, 6.07) is 2.19. The first kappa shape index (κ1) is 15.8. The van der Waals surface area contributed by atoms with Crippen LogP contribution in [0.2, 0.25) is 0 Å². The number of rotatable bonds is 1. The van der Waals surface area contributed by atoms with Gasteiger partial charge in [0.25, 0.3) is 5.91 Å². The molecular formula is C18H25N3O2S. The molecule has 6 heteroatoms. The highest BCUT2D eigenvalue weighted by atomic mass is 32.1. The number of nitrogens with two attached hydrogens (primary N) is 1. The van der Waals surface area contributed by atoms with Gasteiger partial charge in [-0.25, -0.2) is 4.98 Å². The van der Waals surface area contributed by atoms with Gasteiger partial charge in [-0.15, -0.1) is 11.3 Å². The van der Waals surface area contributed by atoms with Crippen molar-refractivity contribution < 1.29 is 11.0 Å². The number of thiophene rings is 1. The van der Waals surface area contributed by atoms with Crippen LogP contribution in [-0.4, -0.2) is 42.1 Å². The number of nitrogens with zero attached hydrogens (tertiary/aromatic N) is 2. The number of anilines is 1. The zero-order chi connectivity index (χ0) is 16.5. The number of pyridine rings is 1. The number of hydrogen-bond acceptors (Lipinski definition) is 5. The summed E-state index contributed by atoms with van der Waals surface area (Å²) in [5, 5.41) is 0.955. The standard InChI is InChI=1S/C18H23N3O2S.H2/c19-15-13-11-12-5-3-1-2-4-6-14(12)20-17(13)24-16(15)18(22)21-7-9-23-10-8-21;/h11H,1-10,19H2;1H. The summed E-state index contributed by atoms with van der Waals surface area (Å²) >= 11 is 1.44. The van der Waals surface area contributed by atoms with Gasteiger partial charge in [0.2, 0.25) is 0 Å². The van der Waals surface area contributed by atoms with Gasteiger partial charge >= 0.3 is 0 Å². The first-order chi connectivity index (χ1) is 11.7. The van der Waals surface area contributed by atoms with Crippen LogP contribution in [-0.2, 0) is 17.6 Å². The molecule has 2 aromatic rings. The van der Waals surface area contributed by atoms with Crippen LogP contribution in [0.15, 0.2) is 6.07 Å². The molecule has 0 aromatic carbocycles. The molecule has 4 rings (SSSR count). The predicted octanol–water partition coefficient (Wildman–Crippen LogP) is 3.26. The van der Waals surface area contributed by atoms with Crippen molar-refractivity contribution >= 4 is 33.1 Å². The van der Waals surface area contributed by atoms with Gasteiger partial charge in [0, 0.05) is 25.6 Å². The number of hydrogen-bond donors (Lipinski definition) is 1. The van der Waals surface area contributed by atoms with Crippen LogP contribution >= 0.6 is 11.3 Å². The highest BCUT2D eigenvalue weighted by molar-refractivity contribution is 7.21. The van der Waals surface area contributed by atoms with Gasteiger partial charge in [0.1, 0.15) is 9.71 Å². The summed E-state index contributed by atoms with van der Waals surface area (Å²) in [7, 11) is 0. The molecule has 0 bridgehead atoms. The number of aromatic nitrogens is 1. The molecule has 5 nitrogen and oxygen atoms in total. The lowest BCUT2D eigenvalue weighted by atomic mass is 9.96. The lowest BCUT2D eigenvalue weighted by molar-refractivity contribution is 0.0307. The van der Waals surface area contributed by atoms with E-state index in [2.05, 4.69) is 6.07 Å². The Morgan fingerprint density at radius 3 is 2.75 bits per heavy atom. The third-order valence-corrected chi connectivity index (χ3v) is 6.10. The number of morpholine rings is 1. The molecule has 24 heavy (non-hydrogen) atoms. The second kappa shape index (κ2) is 6.69. The summed E-state index contributed by atoms with van der Waals surface area (Å²) in [6.07, 6.45) is 7.09. The first-order valence-electron chi connectivity index (χ1n) is 8.82. The highest BCUT2D eigenvalue weighted by Crippen LogP contribution is 2.35. The van der Waals surface area contributed by atoms with Crippen LogP contribution < -0.4 is 5.73 Å². The molecule has 130 valence electrons. The predicted molar refractivity (Wildman–Crippen MR) is 98.7 cm³/mol. The van der Waals surface area contributed by atoms with Crippen molar-refractivity contribution in [3.63, 3.8) is 0 Å². The second-order valence-electron chi connectivity index (χ2n) is 6.61. The van der Waals surface area contributed by atoms with E-state index in [1.54, 1.807) is 0 Å². The van der Waals surface area contributed by atoms with Crippen molar-refractivity contribution in [1.82, 2.24) is 9.88 Å². The lowest BCUT2D eigenvalue weighted by Gasteiger charge is -2.26. The second-order valence-corrected chi connectivity index (χ2v) is 7.61. The third kappa shape index (κ3) is 2.89. The number of ether oxygens (including phenoxy) is 1. The number of carbonyl (C=O) groups is 1. The average Bonchev–Trinajstić information content (AvgIpc) is 2.91. The Morgan fingerprint density at radius 1 is 1.21 bits per heavy atom. The number of amides is 1. The van der Waals surface area contributed by atoms with E-state index < -0.39 is 0 Å². The average molecular weight is 347 g/mol. The Bertz CT molecular complexity index is 771. The fraction of sp³-hybridized carbons (Fsp3) is 0.556. The molecule has 3 heterocycles. The summed E-state index contributed by atoms with van der Waals surface area (Å²) < 4.78 is 5.33. The first-order valence-corrected chi connectivity index (χ1v) is 9.63. The molecule has 1 amide bonds. The van der Waals surface area contributed by atoms with Crippen molar-refractivity contribution in [2.75, 3.05) is 32.0 Å².